The molecule has 5 nitrogen and oxygen atoms in total. The molecule has 2 aromatic rings. The van der Waals surface area contributed by atoms with E-state index >= 15 is 0 Å². The Kier molecular flexibility index (Phi) is 6.44. The summed E-state index contributed by atoms with van der Waals surface area (Å²) in [6.45, 7) is 4.56. The Morgan fingerprint density at radius 3 is 2.44 bits per heavy atom. The summed E-state index contributed by atoms with van der Waals surface area (Å²) in [4.78, 5) is 23.8. The van der Waals surface area contributed by atoms with Crippen molar-refractivity contribution in [2.75, 3.05) is 11.9 Å². The van der Waals surface area contributed by atoms with Gasteiger partial charge >= 0.3 is 5.97 Å². The summed E-state index contributed by atoms with van der Waals surface area (Å²) in [6.07, 6.45) is -1.30. The Labute approximate surface area is 154 Å². The van der Waals surface area contributed by atoms with Crippen LogP contribution in [0.2, 0.25) is 0 Å². The highest BCUT2D eigenvalue weighted by atomic mass is 19.2. The summed E-state index contributed by atoms with van der Waals surface area (Å²) in [5.41, 5.74) is 1.31. The van der Waals surface area contributed by atoms with Crippen LogP contribution in [0.4, 0.5) is 18.9 Å². The molecule has 2 aromatic carbocycles. The maximum Gasteiger partial charge on any atom is 0.344 e. The van der Waals surface area contributed by atoms with Gasteiger partial charge < -0.3 is 14.8 Å². The van der Waals surface area contributed by atoms with Crippen molar-refractivity contribution < 1.29 is 32.2 Å². The lowest BCUT2D eigenvalue weighted by Crippen LogP contribution is -2.32. The number of nitrogens with one attached hydrogen (secondary N) is 1. The van der Waals surface area contributed by atoms with Crippen molar-refractivity contribution in [1.29, 1.82) is 0 Å². The molecule has 0 saturated carbocycles. The van der Waals surface area contributed by atoms with Gasteiger partial charge in [-0.3, -0.25) is 4.79 Å². The first-order valence-corrected chi connectivity index (χ1v) is 8.03. The molecule has 2 rings (SSSR count). The molecule has 8 heteroatoms. The highest BCUT2D eigenvalue weighted by molar-refractivity contribution is 5.95. The van der Waals surface area contributed by atoms with Crippen molar-refractivity contribution in [2.45, 2.75) is 26.9 Å². The van der Waals surface area contributed by atoms with Crippen LogP contribution in [0.25, 0.3) is 0 Å². The second-order valence-corrected chi connectivity index (χ2v) is 5.90. The predicted octanol–water partition coefficient (Wildman–Crippen LogP) is 3.67. The van der Waals surface area contributed by atoms with E-state index in [1.54, 1.807) is 6.07 Å². The van der Waals surface area contributed by atoms with Crippen molar-refractivity contribution in [3.63, 3.8) is 0 Å². The third kappa shape index (κ3) is 5.22. The highest BCUT2D eigenvalue weighted by Crippen LogP contribution is 2.20. The number of rotatable bonds is 6. The number of carbonyl (C=O) groups is 2. The molecular weight excluding hydrogens is 363 g/mol. The van der Waals surface area contributed by atoms with Crippen molar-refractivity contribution in [1.82, 2.24) is 0 Å². The van der Waals surface area contributed by atoms with Crippen LogP contribution >= 0.6 is 0 Å². The largest absolute Gasteiger partial charge is 0.482 e. The van der Waals surface area contributed by atoms with Gasteiger partial charge in [-0.05, 0) is 44.5 Å². The molecule has 1 atom stereocenters. The van der Waals surface area contributed by atoms with Gasteiger partial charge in [0.2, 0.25) is 0 Å². The Morgan fingerprint density at radius 1 is 1.07 bits per heavy atom. The number of benzene rings is 2. The summed E-state index contributed by atoms with van der Waals surface area (Å²) < 4.78 is 49.9. The lowest BCUT2D eigenvalue weighted by atomic mass is 10.1. The molecule has 0 aliphatic rings. The van der Waals surface area contributed by atoms with E-state index in [1.165, 1.54) is 6.92 Å². The van der Waals surface area contributed by atoms with Gasteiger partial charge in [-0.1, -0.05) is 17.7 Å². The average Bonchev–Trinajstić information content (AvgIpc) is 2.61. The van der Waals surface area contributed by atoms with Crippen molar-refractivity contribution in [2.24, 2.45) is 0 Å². The molecular formula is C19H18F3NO4. The number of amides is 1. The minimum Gasteiger partial charge on any atom is -0.482 e. The summed E-state index contributed by atoms with van der Waals surface area (Å²) in [5, 5.41) is 2.03. The standard InChI is InChI=1S/C19H18F3NO4/c1-10-4-7-15(11(2)8-10)26-9-16(24)27-12(3)19(25)23-14-6-5-13(20)17(21)18(14)22/h4-8,12H,9H2,1-3H3,(H,23,25)/t12-/m0/s1. The molecule has 0 radical (unpaired) electrons. The molecule has 27 heavy (non-hydrogen) atoms. The van der Waals surface area contributed by atoms with E-state index < -0.39 is 47.7 Å². The molecule has 0 aliphatic heterocycles. The number of hydrogen-bond acceptors (Lipinski definition) is 4. The van der Waals surface area contributed by atoms with E-state index in [0.717, 1.165) is 17.2 Å². The van der Waals surface area contributed by atoms with Gasteiger partial charge in [-0.15, -0.1) is 0 Å². The van der Waals surface area contributed by atoms with Crippen LogP contribution in [0, 0.1) is 31.3 Å². The molecule has 1 N–H and O–H groups in total. The van der Waals surface area contributed by atoms with Crippen LogP contribution in [0.5, 0.6) is 5.75 Å². The number of esters is 1. The highest BCUT2D eigenvalue weighted by Gasteiger charge is 2.21. The number of carbonyl (C=O) groups excluding carboxylic acids is 2. The first kappa shape index (κ1) is 20.3. The number of ether oxygens (including phenoxy) is 2. The monoisotopic (exact) mass is 381 g/mol. The van der Waals surface area contributed by atoms with E-state index in [4.69, 9.17) is 9.47 Å². The zero-order valence-corrected chi connectivity index (χ0v) is 14.9. The van der Waals surface area contributed by atoms with Gasteiger partial charge in [0.05, 0.1) is 5.69 Å². The Morgan fingerprint density at radius 2 is 1.78 bits per heavy atom. The maximum absolute atomic E-state index is 13.6. The summed E-state index contributed by atoms with van der Waals surface area (Å²) in [5.74, 6) is -5.85. The Balaban J connectivity index is 1.90. The van der Waals surface area contributed by atoms with E-state index in [1.807, 2.05) is 31.3 Å². The zero-order chi connectivity index (χ0) is 20.1. The number of anilines is 1. The van der Waals surface area contributed by atoms with Crippen LogP contribution in [0.15, 0.2) is 30.3 Å². The molecule has 0 heterocycles. The molecule has 0 fully saturated rings. The first-order chi connectivity index (χ1) is 12.7. The van der Waals surface area contributed by atoms with E-state index in [2.05, 4.69) is 0 Å². The Bertz CT molecular complexity index is 870. The predicted molar refractivity (Wildman–Crippen MR) is 91.9 cm³/mol. The minimum atomic E-state index is -1.71. The average molecular weight is 381 g/mol. The van der Waals surface area contributed by atoms with Crippen LogP contribution in [-0.4, -0.2) is 24.6 Å². The lowest BCUT2D eigenvalue weighted by Gasteiger charge is -2.15. The van der Waals surface area contributed by atoms with Gasteiger partial charge in [-0.2, -0.15) is 0 Å². The Hall–Kier alpha value is -3.03. The molecule has 0 bridgehead atoms. The number of halogens is 3. The van der Waals surface area contributed by atoms with Crippen molar-refractivity contribution >= 4 is 17.6 Å². The fourth-order valence-corrected chi connectivity index (χ4v) is 2.24. The molecule has 0 aliphatic carbocycles. The third-order valence-electron chi connectivity index (χ3n) is 3.65. The van der Waals surface area contributed by atoms with E-state index in [9.17, 15) is 22.8 Å². The molecule has 144 valence electrons. The van der Waals surface area contributed by atoms with Gasteiger partial charge in [0, 0.05) is 0 Å². The van der Waals surface area contributed by atoms with Crippen LogP contribution in [0.1, 0.15) is 18.1 Å². The fourth-order valence-electron chi connectivity index (χ4n) is 2.24. The van der Waals surface area contributed by atoms with E-state index in [0.29, 0.717) is 11.8 Å². The molecule has 1 amide bonds. The first-order valence-electron chi connectivity index (χ1n) is 8.03. The van der Waals surface area contributed by atoms with Crippen LogP contribution in [-0.2, 0) is 14.3 Å². The molecule has 0 saturated heterocycles. The van der Waals surface area contributed by atoms with Gasteiger partial charge in [0.1, 0.15) is 5.75 Å². The quantitative estimate of drug-likeness (QED) is 0.613. The van der Waals surface area contributed by atoms with Crippen LogP contribution < -0.4 is 10.1 Å². The van der Waals surface area contributed by atoms with Crippen LogP contribution in [0.3, 0.4) is 0 Å². The normalized spacial score (nSPS) is 11.6. The summed E-state index contributed by atoms with van der Waals surface area (Å²) >= 11 is 0. The second-order valence-electron chi connectivity index (χ2n) is 5.90. The van der Waals surface area contributed by atoms with Gasteiger partial charge in [0.25, 0.3) is 5.91 Å². The third-order valence-corrected chi connectivity index (χ3v) is 3.65. The number of aryl methyl sites for hydroxylation is 2. The lowest BCUT2D eigenvalue weighted by molar-refractivity contribution is -0.155. The van der Waals surface area contributed by atoms with Crippen molar-refractivity contribution in [3.8, 4) is 5.75 Å². The molecule has 0 unspecified atom stereocenters. The van der Waals surface area contributed by atoms with Crippen molar-refractivity contribution in [3.05, 3.63) is 58.9 Å². The van der Waals surface area contributed by atoms with E-state index in [-0.39, 0.29) is 0 Å². The molecule has 0 aromatic heterocycles. The zero-order valence-electron chi connectivity index (χ0n) is 14.9. The van der Waals surface area contributed by atoms with Gasteiger partial charge in [-0.25, -0.2) is 18.0 Å². The smallest absolute Gasteiger partial charge is 0.344 e. The minimum absolute atomic E-state index is 0.430. The maximum atomic E-state index is 13.6. The topological polar surface area (TPSA) is 64.6 Å². The summed E-state index contributed by atoms with van der Waals surface area (Å²) in [7, 11) is 0. The second kappa shape index (κ2) is 8.57. The molecule has 0 spiro atoms. The SMILES string of the molecule is Cc1ccc(OCC(=O)O[C@@H](C)C(=O)Nc2ccc(F)c(F)c2F)c(C)c1. The van der Waals surface area contributed by atoms with Gasteiger partial charge in [0.15, 0.2) is 30.2 Å². The fraction of sp³-hybridized carbons (Fsp3) is 0.263. The number of hydrogen-bond donors (Lipinski definition) is 1. The summed E-state index contributed by atoms with van der Waals surface area (Å²) in [6, 6.07) is 6.94.